The monoisotopic (exact) mass is 485 g/mol. The SMILES string of the molecule is CS(=O)(=O)N(C[C@H]1CN(S(=O)(=O)c2cccs2)CCN1c1ccc(O)cc1)C1CCC1. The van der Waals surface area contributed by atoms with Crippen LogP contribution in [0.1, 0.15) is 19.3 Å². The molecule has 0 amide bonds. The number of hydrogen-bond acceptors (Lipinski definition) is 7. The maximum absolute atomic E-state index is 13.1. The highest BCUT2D eigenvalue weighted by atomic mass is 32.2. The smallest absolute Gasteiger partial charge is 0.252 e. The summed E-state index contributed by atoms with van der Waals surface area (Å²) in [6.45, 7) is 1.16. The lowest BCUT2D eigenvalue weighted by atomic mass is 9.93. The third kappa shape index (κ3) is 4.75. The average molecular weight is 486 g/mol. The van der Waals surface area contributed by atoms with E-state index in [0.717, 1.165) is 24.9 Å². The van der Waals surface area contributed by atoms with Gasteiger partial charge in [0.2, 0.25) is 10.0 Å². The van der Waals surface area contributed by atoms with E-state index in [4.69, 9.17) is 0 Å². The zero-order chi connectivity index (χ0) is 22.2. The molecule has 1 N–H and O–H groups in total. The van der Waals surface area contributed by atoms with Crippen LogP contribution in [0.5, 0.6) is 5.75 Å². The molecule has 0 unspecified atom stereocenters. The second-order valence-corrected chi connectivity index (χ2v) is 13.1. The number of piperazine rings is 1. The number of aromatic hydroxyl groups is 1. The summed E-state index contributed by atoms with van der Waals surface area (Å²) in [5.41, 5.74) is 0.832. The Morgan fingerprint density at radius 3 is 2.35 bits per heavy atom. The Morgan fingerprint density at radius 2 is 1.81 bits per heavy atom. The molecule has 8 nitrogen and oxygen atoms in total. The van der Waals surface area contributed by atoms with Crippen LogP contribution in [0.4, 0.5) is 5.69 Å². The first-order valence-electron chi connectivity index (χ1n) is 10.2. The van der Waals surface area contributed by atoms with Gasteiger partial charge in [-0.3, -0.25) is 0 Å². The molecule has 11 heteroatoms. The Bertz CT molecular complexity index is 1100. The topological polar surface area (TPSA) is 98.2 Å². The van der Waals surface area contributed by atoms with E-state index in [1.807, 2.05) is 0 Å². The van der Waals surface area contributed by atoms with Crippen LogP contribution in [0.3, 0.4) is 0 Å². The molecule has 0 spiro atoms. The lowest BCUT2D eigenvalue weighted by Crippen LogP contribution is -2.60. The molecule has 2 aromatic rings. The maximum Gasteiger partial charge on any atom is 0.252 e. The number of rotatable bonds is 7. The van der Waals surface area contributed by atoms with Crippen molar-refractivity contribution >= 4 is 37.1 Å². The molecule has 1 saturated carbocycles. The van der Waals surface area contributed by atoms with Crippen molar-refractivity contribution in [2.24, 2.45) is 0 Å². The molecule has 2 fully saturated rings. The number of benzene rings is 1. The van der Waals surface area contributed by atoms with E-state index < -0.39 is 20.0 Å². The van der Waals surface area contributed by atoms with Crippen molar-refractivity contribution in [2.45, 2.75) is 35.6 Å². The van der Waals surface area contributed by atoms with Crippen LogP contribution in [-0.4, -0.2) is 75.1 Å². The van der Waals surface area contributed by atoms with Crippen molar-refractivity contribution < 1.29 is 21.9 Å². The van der Waals surface area contributed by atoms with Gasteiger partial charge < -0.3 is 10.0 Å². The fourth-order valence-electron chi connectivity index (χ4n) is 4.16. The number of nitrogens with zero attached hydrogens (tertiary/aromatic N) is 3. The van der Waals surface area contributed by atoms with Gasteiger partial charge in [-0.1, -0.05) is 12.5 Å². The fraction of sp³-hybridized carbons (Fsp3) is 0.500. The molecule has 170 valence electrons. The summed E-state index contributed by atoms with van der Waals surface area (Å²) in [6, 6.07) is 9.66. The molecule has 2 aliphatic rings. The molecular formula is C20H27N3O5S3. The Hall–Kier alpha value is -1.66. The van der Waals surface area contributed by atoms with Gasteiger partial charge in [-0.15, -0.1) is 11.3 Å². The van der Waals surface area contributed by atoms with Gasteiger partial charge in [-0.05, 0) is 48.6 Å². The standard InChI is InChI=1S/C20H27N3O5S3/c1-30(25,26)23(17-4-2-5-17)15-18-14-21(31(27,28)20-6-3-13-29-20)11-12-22(18)16-7-9-19(24)10-8-16/h3,6-10,13,17-18,24H,2,4-5,11-12,14-15H2,1H3/t18-/m1/s1. The van der Waals surface area contributed by atoms with Gasteiger partial charge in [-0.2, -0.15) is 8.61 Å². The lowest BCUT2D eigenvalue weighted by Gasteiger charge is -2.45. The number of thiophene rings is 1. The molecule has 2 heterocycles. The lowest BCUT2D eigenvalue weighted by molar-refractivity contribution is 0.195. The number of sulfonamides is 2. The minimum Gasteiger partial charge on any atom is -0.508 e. The predicted octanol–water partition coefficient (Wildman–Crippen LogP) is 2.15. The summed E-state index contributed by atoms with van der Waals surface area (Å²) in [4.78, 5) is 2.05. The van der Waals surface area contributed by atoms with E-state index in [1.165, 1.54) is 26.2 Å². The second kappa shape index (κ2) is 8.70. The van der Waals surface area contributed by atoms with Crippen molar-refractivity contribution in [1.82, 2.24) is 8.61 Å². The number of phenols is 1. The Balaban J connectivity index is 1.64. The van der Waals surface area contributed by atoms with E-state index in [1.54, 1.807) is 41.8 Å². The van der Waals surface area contributed by atoms with E-state index >= 15 is 0 Å². The largest absolute Gasteiger partial charge is 0.508 e. The first-order chi connectivity index (χ1) is 14.7. The quantitative estimate of drug-likeness (QED) is 0.645. The zero-order valence-corrected chi connectivity index (χ0v) is 19.7. The summed E-state index contributed by atoms with van der Waals surface area (Å²) >= 11 is 1.18. The summed E-state index contributed by atoms with van der Waals surface area (Å²) in [5, 5.41) is 11.4. The number of phenolic OH excluding ortho intramolecular Hbond substituents is 1. The molecule has 1 atom stereocenters. The summed E-state index contributed by atoms with van der Waals surface area (Å²) in [6.07, 6.45) is 3.88. The maximum atomic E-state index is 13.1. The molecule has 1 aromatic carbocycles. The first kappa shape index (κ1) is 22.5. The van der Waals surface area contributed by atoms with E-state index in [2.05, 4.69) is 4.90 Å². The molecule has 0 bridgehead atoms. The normalized spacial score (nSPS) is 21.4. The van der Waals surface area contributed by atoms with Crippen LogP contribution >= 0.6 is 11.3 Å². The van der Waals surface area contributed by atoms with Crippen molar-refractivity contribution in [2.75, 3.05) is 37.3 Å². The van der Waals surface area contributed by atoms with Gasteiger partial charge in [0.1, 0.15) is 9.96 Å². The fourth-order valence-corrected chi connectivity index (χ4v) is 7.97. The molecule has 0 radical (unpaired) electrons. The minimum atomic E-state index is -3.63. The van der Waals surface area contributed by atoms with Crippen molar-refractivity contribution in [3.8, 4) is 5.75 Å². The third-order valence-electron chi connectivity index (χ3n) is 6.01. The molecule has 1 aliphatic carbocycles. The molecule has 31 heavy (non-hydrogen) atoms. The van der Waals surface area contributed by atoms with Crippen LogP contribution in [-0.2, 0) is 20.0 Å². The second-order valence-electron chi connectivity index (χ2n) is 8.08. The van der Waals surface area contributed by atoms with E-state index in [-0.39, 0.29) is 30.9 Å². The van der Waals surface area contributed by atoms with Gasteiger partial charge in [0, 0.05) is 37.9 Å². The van der Waals surface area contributed by atoms with Crippen LogP contribution < -0.4 is 4.90 Å². The van der Waals surface area contributed by atoms with E-state index in [9.17, 15) is 21.9 Å². The minimum absolute atomic E-state index is 0.0269. The van der Waals surface area contributed by atoms with Crippen molar-refractivity contribution in [3.63, 3.8) is 0 Å². The molecule has 1 saturated heterocycles. The molecular weight excluding hydrogens is 458 g/mol. The first-order valence-corrected chi connectivity index (χ1v) is 14.4. The Morgan fingerprint density at radius 1 is 1.10 bits per heavy atom. The van der Waals surface area contributed by atoms with Gasteiger partial charge in [-0.25, -0.2) is 16.8 Å². The molecule has 1 aliphatic heterocycles. The molecule has 4 rings (SSSR count). The Kier molecular flexibility index (Phi) is 6.32. The average Bonchev–Trinajstić information content (AvgIpc) is 3.22. The highest BCUT2D eigenvalue weighted by Gasteiger charge is 2.39. The predicted molar refractivity (Wildman–Crippen MR) is 122 cm³/mol. The van der Waals surface area contributed by atoms with Gasteiger partial charge >= 0.3 is 0 Å². The summed E-state index contributed by atoms with van der Waals surface area (Å²) < 4.78 is 54.6. The van der Waals surface area contributed by atoms with Crippen molar-refractivity contribution in [3.05, 3.63) is 41.8 Å². The van der Waals surface area contributed by atoms with Crippen LogP contribution in [0.2, 0.25) is 0 Å². The summed E-state index contributed by atoms with van der Waals surface area (Å²) in [5.74, 6) is 0.145. The van der Waals surface area contributed by atoms with Crippen molar-refractivity contribution in [1.29, 1.82) is 0 Å². The van der Waals surface area contributed by atoms with E-state index in [0.29, 0.717) is 17.3 Å². The van der Waals surface area contributed by atoms with Gasteiger partial charge in [0.15, 0.2) is 0 Å². The Labute approximate surface area is 187 Å². The zero-order valence-electron chi connectivity index (χ0n) is 17.3. The third-order valence-corrected chi connectivity index (χ3v) is 10.6. The molecule has 1 aromatic heterocycles. The van der Waals surface area contributed by atoms with Crippen LogP contribution in [0, 0.1) is 0 Å². The van der Waals surface area contributed by atoms with Crippen LogP contribution in [0.25, 0.3) is 0 Å². The van der Waals surface area contributed by atoms with Gasteiger partial charge in [0.05, 0.1) is 12.3 Å². The highest BCUT2D eigenvalue weighted by molar-refractivity contribution is 7.91. The number of anilines is 1. The highest BCUT2D eigenvalue weighted by Crippen LogP contribution is 2.31. The number of hydrogen-bond donors (Lipinski definition) is 1. The summed E-state index contributed by atoms with van der Waals surface area (Å²) in [7, 11) is -7.06. The van der Waals surface area contributed by atoms with Gasteiger partial charge in [0.25, 0.3) is 10.0 Å². The van der Waals surface area contributed by atoms with Crippen LogP contribution in [0.15, 0.2) is 46.0 Å².